The summed E-state index contributed by atoms with van der Waals surface area (Å²) < 4.78 is 38.4. The van der Waals surface area contributed by atoms with Gasteiger partial charge in [-0.05, 0) is 42.8 Å². The number of rotatable bonds is 4. The summed E-state index contributed by atoms with van der Waals surface area (Å²) in [5, 5.41) is 0. The van der Waals surface area contributed by atoms with Gasteiger partial charge in [0.2, 0.25) is 5.91 Å². The van der Waals surface area contributed by atoms with Crippen molar-refractivity contribution in [3.63, 3.8) is 0 Å². The van der Waals surface area contributed by atoms with E-state index in [-0.39, 0.29) is 18.1 Å². The van der Waals surface area contributed by atoms with Crippen molar-refractivity contribution < 1.29 is 22.8 Å². The van der Waals surface area contributed by atoms with Crippen molar-refractivity contribution in [3.05, 3.63) is 65.2 Å². The number of ketones is 1. The quantitative estimate of drug-likeness (QED) is 0.746. The number of hydrogen-bond donors (Lipinski definition) is 0. The minimum absolute atomic E-state index is 0.0107. The number of halogens is 3. The minimum atomic E-state index is -4.41. The number of carbonyl (C=O) groups is 2. The molecule has 0 N–H and O–H groups in total. The lowest BCUT2D eigenvalue weighted by molar-refractivity contribution is -0.138. The van der Waals surface area contributed by atoms with Crippen LogP contribution in [0.1, 0.15) is 28.4 Å². The molecule has 0 atom stereocenters. The summed E-state index contributed by atoms with van der Waals surface area (Å²) in [6, 6.07) is 12.2. The zero-order valence-electron chi connectivity index (χ0n) is 15.5. The van der Waals surface area contributed by atoms with Crippen molar-refractivity contribution in [2.75, 3.05) is 31.1 Å². The molecule has 1 amide bonds. The van der Waals surface area contributed by atoms with Crippen LogP contribution in [0.15, 0.2) is 48.5 Å². The van der Waals surface area contributed by atoms with Gasteiger partial charge in [0, 0.05) is 37.4 Å². The second kappa shape index (κ2) is 8.04. The maximum absolute atomic E-state index is 12.8. The zero-order chi connectivity index (χ0) is 20.3. The van der Waals surface area contributed by atoms with Crippen LogP contribution in [0.5, 0.6) is 0 Å². The maximum Gasteiger partial charge on any atom is 0.416 e. The van der Waals surface area contributed by atoms with E-state index < -0.39 is 11.7 Å². The molecule has 0 unspecified atom stereocenters. The van der Waals surface area contributed by atoms with Crippen LogP contribution in [0.4, 0.5) is 18.9 Å². The average molecular weight is 390 g/mol. The standard InChI is InChI=1S/C21H21F3N2O2/c1-15(27)17-5-7-19(8-6-17)25-9-11-26(12-10-25)20(28)14-16-3-2-4-18(13-16)21(22,23)24/h2-8,13H,9-12,14H2,1H3. The van der Waals surface area contributed by atoms with E-state index in [0.29, 0.717) is 37.3 Å². The Morgan fingerprint density at radius 1 is 0.964 bits per heavy atom. The molecule has 1 heterocycles. The molecule has 28 heavy (non-hydrogen) atoms. The van der Waals surface area contributed by atoms with Crippen LogP contribution in [0.2, 0.25) is 0 Å². The third-order valence-electron chi connectivity index (χ3n) is 4.88. The number of piperazine rings is 1. The van der Waals surface area contributed by atoms with Crippen molar-refractivity contribution in [1.29, 1.82) is 0 Å². The molecular formula is C21H21F3N2O2. The van der Waals surface area contributed by atoms with Crippen LogP contribution in [0.25, 0.3) is 0 Å². The Kier molecular flexibility index (Phi) is 5.72. The first-order valence-corrected chi connectivity index (χ1v) is 9.04. The number of amides is 1. The maximum atomic E-state index is 12.8. The highest BCUT2D eigenvalue weighted by Gasteiger charge is 2.30. The Balaban J connectivity index is 1.57. The third-order valence-corrected chi connectivity index (χ3v) is 4.88. The van der Waals surface area contributed by atoms with Crippen LogP contribution in [0.3, 0.4) is 0 Å². The molecule has 1 aliphatic heterocycles. The molecule has 0 spiro atoms. The number of hydrogen-bond acceptors (Lipinski definition) is 3. The number of Topliss-reactive ketones (excluding diaryl/α,β-unsaturated/α-hetero) is 1. The van der Waals surface area contributed by atoms with Crippen LogP contribution in [0, 0.1) is 0 Å². The van der Waals surface area contributed by atoms with Crippen LogP contribution in [-0.4, -0.2) is 42.8 Å². The Hall–Kier alpha value is -2.83. The fraction of sp³-hybridized carbons (Fsp3) is 0.333. The van der Waals surface area contributed by atoms with Gasteiger partial charge >= 0.3 is 6.18 Å². The van der Waals surface area contributed by atoms with E-state index >= 15 is 0 Å². The number of benzene rings is 2. The molecule has 1 aliphatic rings. The van der Waals surface area contributed by atoms with E-state index in [1.165, 1.54) is 13.0 Å². The molecule has 0 aromatic heterocycles. The van der Waals surface area contributed by atoms with E-state index in [0.717, 1.165) is 17.8 Å². The molecule has 2 aromatic rings. The van der Waals surface area contributed by atoms with Crippen molar-refractivity contribution in [3.8, 4) is 0 Å². The highest BCUT2D eigenvalue weighted by atomic mass is 19.4. The van der Waals surface area contributed by atoms with Crippen LogP contribution in [-0.2, 0) is 17.4 Å². The summed E-state index contributed by atoms with van der Waals surface area (Å²) in [5.74, 6) is -0.164. The average Bonchev–Trinajstić information content (AvgIpc) is 2.68. The Morgan fingerprint density at radius 3 is 2.18 bits per heavy atom. The Morgan fingerprint density at radius 2 is 1.61 bits per heavy atom. The van der Waals surface area contributed by atoms with E-state index in [1.54, 1.807) is 23.1 Å². The van der Waals surface area contributed by atoms with Gasteiger partial charge in [-0.3, -0.25) is 9.59 Å². The topological polar surface area (TPSA) is 40.6 Å². The molecule has 7 heteroatoms. The molecular weight excluding hydrogens is 369 g/mol. The van der Waals surface area contributed by atoms with Gasteiger partial charge in [-0.15, -0.1) is 0 Å². The summed E-state index contributed by atoms with van der Waals surface area (Å²) in [7, 11) is 0. The fourth-order valence-electron chi connectivity index (χ4n) is 3.27. The van der Waals surface area contributed by atoms with Gasteiger partial charge in [0.25, 0.3) is 0 Å². The lowest BCUT2D eigenvalue weighted by Gasteiger charge is -2.36. The van der Waals surface area contributed by atoms with Crippen molar-refractivity contribution in [1.82, 2.24) is 4.90 Å². The molecule has 2 aromatic carbocycles. The second-order valence-corrected chi connectivity index (χ2v) is 6.85. The Labute approximate surface area is 161 Å². The molecule has 4 nitrogen and oxygen atoms in total. The minimum Gasteiger partial charge on any atom is -0.368 e. The first kappa shape index (κ1) is 19.9. The Bertz CT molecular complexity index is 855. The van der Waals surface area contributed by atoms with Gasteiger partial charge in [0.15, 0.2) is 5.78 Å². The van der Waals surface area contributed by atoms with Gasteiger partial charge in [-0.2, -0.15) is 13.2 Å². The van der Waals surface area contributed by atoms with Gasteiger partial charge in [0.1, 0.15) is 0 Å². The smallest absolute Gasteiger partial charge is 0.368 e. The monoisotopic (exact) mass is 390 g/mol. The summed E-state index contributed by atoms with van der Waals surface area (Å²) >= 11 is 0. The first-order valence-electron chi connectivity index (χ1n) is 9.04. The molecule has 148 valence electrons. The largest absolute Gasteiger partial charge is 0.416 e. The number of anilines is 1. The van der Waals surface area contributed by atoms with Gasteiger partial charge in [-0.1, -0.05) is 18.2 Å². The molecule has 0 radical (unpaired) electrons. The number of alkyl halides is 3. The number of nitrogens with zero attached hydrogens (tertiary/aromatic N) is 2. The molecule has 0 bridgehead atoms. The molecule has 0 aliphatic carbocycles. The highest BCUT2D eigenvalue weighted by molar-refractivity contribution is 5.94. The molecule has 1 saturated heterocycles. The van der Waals surface area contributed by atoms with Crippen molar-refractivity contribution >= 4 is 17.4 Å². The summed E-state index contributed by atoms with van der Waals surface area (Å²) in [4.78, 5) is 27.6. The summed E-state index contributed by atoms with van der Waals surface area (Å²) in [6.07, 6.45) is -4.46. The fourth-order valence-corrected chi connectivity index (χ4v) is 3.27. The van der Waals surface area contributed by atoms with E-state index in [2.05, 4.69) is 4.90 Å². The zero-order valence-corrected chi connectivity index (χ0v) is 15.5. The first-order chi connectivity index (χ1) is 13.2. The normalized spacial score (nSPS) is 14.9. The highest BCUT2D eigenvalue weighted by Crippen LogP contribution is 2.29. The van der Waals surface area contributed by atoms with Crippen molar-refractivity contribution in [2.24, 2.45) is 0 Å². The van der Waals surface area contributed by atoms with Gasteiger partial charge in [0.05, 0.1) is 12.0 Å². The SMILES string of the molecule is CC(=O)c1ccc(N2CCN(C(=O)Cc3cccc(C(F)(F)F)c3)CC2)cc1. The summed E-state index contributed by atoms with van der Waals surface area (Å²) in [5.41, 5.74) is 1.26. The van der Waals surface area contributed by atoms with E-state index in [1.807, 2.05) is 12.1 Å². The lowest BCUT2D eigenvalue weighted by atomic mass is 10.1. The van der Waals surface area contributed by atoms with E-state index in [4.69, 9.17) is 0 Å². The number of carbonyl (C=O) groups excluding carboxylic acids is 2. The van der Waals surface area contributed by atoms with E-state index in [9.17, 15) is 22.8 Å². The molecule has 3 rings (SSSR count). The lowest BCUT2D eigenvalue weighted by Crippen LogP contribution is -2.49. The van der Waals surface area contributed by atoms with Crippen molar-refractivity contribution in [2.45, 2.75) is 19.5 Å². The third kappa shape index (κ3) is 4.71. The predicted octanol–water partition coefficient (Wildman–Crippen LogP) is 3.80. The van der Waals surface area contributed by atoms with Crippen LogP contribution < -0.4 is 4.90 Å². The second-order valence-electron chi connectivity index (χ2n) is 6.85. The van der Waals surface area contributed by atoms with Gasteiger partial charge < -0.3 is 9.80 Å². The molecule has 0 saturated carbocycles. The molecule has 1 fully saturated rings. The predicted molar refractivity (Wildman–Crippen MR) is 100 cm³/mol. The van der Waals surface area contributed by atoms with Gasteiger partial charge in [-0.25, -0.2) is 0 Å². The summed E-state index contributed by atoms with van der Waals surface area (Å²) in [6.45, 7) is 3.80. The van der Waals surface area contributed by atoms with Crippen LogP contribution >= 0.6 is 0 Å².